The van der Waals surface area contributed by atoms with Crippen molar-refractivity contribution in [3.63, 3.8) is 0 Å². The first-order valence-corrected chi connectivity index (χ1v) is 7.22. The zero-order chi connectivity index (χ0) is 10.7. The third-order valence-electron chi connectivity index (χ3n) is 2.31. The zero-order valence-corrected chi connectivity index (χ0v) is 10.4. The summed E-state index contributed by atoms with van der Waals surface area (Å²) in [5, 5.41) is 2.04. The highest BCUT2D eigenvalue weighted by molar-refractivity contribution is 7.98. The summed E-state index contributed by atoms with van der Waals surface area (Å²) in [7, 11) is 0. The van der Waals surface area contributed by atoms with Crippen LogP contribution in [-0.2, 0) is 6.42 Å². The Labute approximate surface area is 97.7 Å². The molecule has 0 aromatic carbocycles. The van der Waals surface area contributed by atoms with Crippen LogP contribution in [-0.4, -0.2) is 27.4 Å². The van der Waals surface area contributed by atoms with E-state index in [-0.39, 0.29) is 6.04 Å². The predicted octanol–water partition coefficient (Wildman–Crippen LogP) is 2.02. The molecule has 0 radical (unpaired) electrons. The summed E-state index contributed by atoms with van der Waals surface area (Å²) in [6.07, 6.45) is 8.16. The van der Waals surface area contributed by atoms with Crippen molar-refractivity contribution in [3.05, 3.63) is 23.5 Å². The maximum absolute atomic E-state index is 6.02. The van der Waals surface area contributed by atoms with E-state index in [1.807, 2.05) is 23.3 Å². The quantitative estimate of drug-likeness (QED) is 0.871. The van der Waals surface area contributed by atoms with Gasteiger partial charge in [-0.05, 0) is 18.4 Å². The van der Waals surface area contributed by atoms with Gasteiger partial charge in [0, 0.05) is 30.2 Å². The van der Waals surface area contributed by atoms with Crippen LogP contribution in [0.4, 0.5) is 0 Å². The fourth-order valence-electron chi connectivity index (χ4n) is 1.51. The third-order valence-corrected chi connectivity index (χ3v) is 3.72. The minimum Gasteiger partial charge on any atom is -0.327 e. The topological polar surface area (TPSA) is 43.3 Å². The molecule has 2 aromatic rings. The Bertz CT molecular complexity index is 392. The van der Waals surface area contributed by atoms with Crippen molar-refractivity contribution in [2.75, 3.05) is 12.0 Å². The van der Waals surface area contributed by atoms with Crippen molar-refractivity contribution in [1.29, 1.82) is 0 Å². The van der Waals surface area contributed by atoms with Gasteiger partial charge >= 0.3 is 0 Å². The first-order chi connectivity index (χ1) is 7.29. The lowest BCUT2D eigenvalue weighted by Crippen LogP contribution is -2.23. The number of hydrogen-bond acceptors (Lipinski definition) is 4. The monoisotopic (exact) mass is 241 g/mol. The van der Waals surface area contributed by atoms with E-state index in [1.165, 1.54) is 0 Å². The molecule has 0 saturated heterocycles. The second-order valence-electron chi connectivity index (χ2n) is 3.57. The number of rotatable bonds is 5. The molecule has 2 rings (SSSR count). The lowest BCUT2D eigenvalue weighted by Gasteiger charge is -2.07. The number of thiazole rings is 1. The Morgan fingerprint density at radius 2 is 2.53 bits per heavy atom. The van der Waals surface area contributed by atoms with Gasteiger partial charge in [-0.15, -0.1) is 11.3 Å². The zero-order valence-electron chi connectivity index (χ0n) is 8.72. The number of nitrogens with zero attached hydrogens (tertiary/aromatic N) is 2. The smallest absolute Gasteiger partial charge is 0.193 e. The molecule has 1 atom stereocenters. The second kappa shape index (κ2) is 5.01. The molecule has 5 heteroatoms. The largest absolute Gasteiger partial charge is 0.327 e. The Morgan fingerprint density at radius 3 is 3.27 bits per heavy atom. The normalized spacial score (nSPS) is 13.5. The van der Waals surface area contributed by atoms with Crippen LogP contribution in [0, 0.1) is 0 Å². The Morgan fingerprint density at radius 1 is 1.67 bits per heavy atom. The molecule has 0 aliphatic heterocycles. The van der Waals surface area contributed by atoms with E-state index >= 15 is 0 Å². The van der Waals surface area contributed by atoms with E-state index in [0.29, 0.717) is 0 Å². The third kappa shape index (κ3) is 2.74. The average Bonchev–Trinajstić information content (AvgIpc) is 2.74. The Hall–Kier alpha value is -0.520. The van der Waals surface area contributed by atoms with Crippen molar-refractivity contribution in [2.24, 2.45) is 5.73 Å². The summed E-state index contributed by atoms with van der Waals surface area (Å²) in [6.45, 7) is 0. The highest BCUT2D eigenvalue weighted by Gasteiger charge is 2.07. The maximum Gasteiger partial charge on any atom is 0.193 e. The van der Waals surface area contributed by atoms with E-state index in [1.54, 1.807) is 11.3 Å². The molecule has 1 unspecified atom stereocenters. The molecule has 0 aliphatic carbocycles. The first-order valence-electron chi connectivity index (χ1n) is 4.95. The number of hydrogen-bond donors (Lipinski definition) is 1. The lowest BCUT2D eigenvalue weighted by atomic mass is 10.1. The fraction of sp³-hybridized carbons (Fsp3) is 0.500. The summed E-state index contributed by atoms with van der Waals surface area (Å²) >= 11 is 3.50. The fourth-order valence-corrected chi connectivity index (χ4v) is 2.77. The molecule has 0 aliphatic rings. The molecule has 2 N–H and O–H groups in total. The van der Waals surface area contributed by atoms with Gasteiger partial charge in [-0.1, -0.05) is 0 Å². The molecule has 82 valence electrons. The van der Waals surface area contributed by atoms with E-state index in [0.717, 1.165) is 29.2 Å². The van der Waals surface area contributed by atoms with Gasteiger partial charge < -0.3 is 5.73 Å². The Balaban J connectivity index is 1.96. The van der Waals surface area contributed by atoms with Crippen LogP contribution in [0.15, 0.2) is 17.8 Å². The van der Waals surface area contributed by atoms with Crippen molar-refractivity contribution >= 4 is 28.1 Å². The van der Waals surface area contributed by atoms with E-state index < -0.39 is 0 Å². The second-order valence-corrected chi connectivity index (χ2v) is 5.43. The standard InChI is InChI=1S/C10H15N3S2/c1-14-4-2-8(11)6-9-7-13-3-5-15-10(13)12-9/h3,5,7-8H,2,4,6,11H2,1H3. The van der Waals surface area contributed by atoms with Crippen molar-refractivity contribution in [1.82, 2.24) is 9.38 Å². The van der Waals surface area contributed by atoms with E-state index in [9.17, 15) is 0 Å². The molecular weight excluding hydrogens is 226 g/mol. The predicted molar refractivity (Wildman–Crippen MR) is 67.7 cm³/mol. The van der Waals surface area contributed by atoms with Gasteiger partial charge in [0.15, 0.2) is 4.96 Å². The van der Waals surface area contributed by atoms with E-state index in [4.69, 9.17) is 5.73 Å². The van der Waals surface area contributed by atoms with Crippen molar-refractivity contribution < 1.29 is 0 Å². The van der Waals surface area contributed by atoms with Crippen LogP contribution in [0.25, 0.3) is 4.96 Å². The van der Waals surface area contributed by atoms with Crippen LogP contribution >= 0.6 is 23.1 Å². The van der Waals surface area contributed by atoms with Crippen LogP contribution in [0.2, 0.25) is 0 Å². The van der Waals surface area contributed by atoms with Gasteiger partial charge in [-0.25, -0.2) is 4.98 Å². The van der Waals surface area contributed by atoms with Gasteiger partial charge in [-0.2, -0.15) is 11.8 Å². The summed E-state index contributed by atoms with van der Waals surface area (Å²) in [5.41, 5.74) is 7.13. The van der Waals surface area contributed by atoms with Crippen LogP contribution in [0.1, 0.15) is 12.1 Å². The SMILES string of the molecule is CSCCC(N)Cc1cn2ccsc2n1. The highest BCUT2D eigenvalue weighted by Crippen LogP contribution is 2.13. The van der Waals surface area contributed by atoms with Crippen LogP contribution in [0.5, 0.6) is 0 Å². The van der Waals surface area contributed by atoms with Gasteiger partial charge in [0.05, 0.1) is 5.69 Å². The van der Waals surface area contributed by atoms with Gasteiger partial charge in [0.1, 0.15) is 0 Å². The van der Waals surface area contributed by atoms with Crippen molar-refractivity contribution in [3.8, 4) is 0 Å². The first kappa shape index (κ1) is 11.0. The highest BCUT2D eigenvalue weighted by atomic mass is 32.2. The molecule has 0 spiro atoms. The molecule has 2 aromatic heterocycles. The van der Waals surface area contributed by atoms with Gasteiger partial charge in [-0.3, -0.25) is 4.40 Å². The van der Waals surface area contributed by atoms with Crippen molar-refractivity contribution in [2.45, 2.75) is 18.9 Å². The molecule has 3 nitrogen and oxygen atoms in total. The molecule has 0 fully saturated rings. The molecule has 0 amide bonds. The Kier molecular flexibility index (Phi) is 3.66. The lowest BCUT2D eigenvalue weighted by molar-refractivity contribution is 0.644. The number of aromatic nitrogens is 2. The van der Waals surface area contributed by atoms with Crippen LogP contribution in [0.3, 0.4) is 0 Å². The van der Waals surface area contributed by atoms with Gasteiger partial charge in [0.2, 0.25) is 0 Å². The average molecular weight is 241 g/mol. The summed E-state index contributed by atoms with van der Waals surface area (Å²) in [6, 6.07) is 0.238. The summed E-state index contributed by atoms with van der Waals surface area (Å²) in [5.74, 6) is 1.13. The number of thioether (sulfide) groups is 1. The minimum atomic E-state index is 0.238. The maximum atomic E-state index is 6.02. The molecule has 15 heavy (non-hydrogen) atoms. The summed E-state index contributed by atoms with van der Waals surface area (Å²) in [4.78, 5) is 5.57. The van der Waals surface area contributed by atoms with E-state index in [2.05, 4.69) is 21.8 Å². The van der Waals surface area contributed by atoms with Crippen LogP contribution < -0.4 is 5.73 Å². The number of nitrogens with two attached hydrogens (primary N) is 1. The number of imidazole rings is 1. The molecule has 0 saturated carbocycles. The number of fused-ring (bicyclic) bond motifs is 1. The summed E-state index contributed by atoms with van der Waals surface area (Å²) < 4.78 is 2.06. The van der Waals surface area contributed by atoms with Gasteiger partial charge in [0.25, 0.3) is 0 Å². The molecule has 2 heterocycles. The molecular formula is C10H15N3S2. The molecule has 0 bridgehead atoms. The minimum absolute atomic E-state index is 0.238.